The van der Waals surface area contributed by atoms with E-state index >= 15 is 0 Å². The van der Waals surface area contributed by atoms with Gasteiger partial charge in [-0.1, -0.05) is 19.8 Å². The highest BCUT2D eigenvalue weighted by Gasteiger charge is 2.55. The molecule has 1 aromatic rings. The van der Waals surface area contributed by atoms with E-state index < -0.39 is 11.6 Å². The molecule has 0 aromatic heterocycles. The third kappa shape index (κ3) is 2.71. The standard InChI is InChI=1S/C19H23N3O4/c1-12-4-2-3-8-19(12)17(24)22(18(25)21-19)11-16(23)20-14-5-6-15-13(10-14)7-9-26-15/h5-6,10,12H,2-4,7-9,11H2,1H3,(H,20,23)(H,21,25)/t12-,19+/m1/s1. The van der Waals surface area contributed by atoms with Crippen molar-refractivity contribution >= 4 is 23.5 Å². The molecule has 26 heavy (non-hydrogen) atoms. The molecule has 2 aliphatic heterocycles. The maximum atomic E-state index is 12.9. The molecule has 2 fully saturated rings. The van der Waals surface area contributed by atoms with Gasteiger partial charge < -0.3 is 15.4 Å². The Morgan fingerprint density at radius 1 is 1.38 bits per heavy atom. The topological polar surface area (TPSA) is 87.7 Å². The smallest absolute Gasteiger partial charge is 0.325 e. The fourth-order valence-corrected chi connectivity index (χ4v) is 4.25. The van der Waals surface area contributed by atoms with Gasteiger partial charge in [0.05, 0.1) is 6.61 Å². The Kier molecular flexibility index (Phi) is 4.09. The van der Waals surface area contributed by atoms with E-state index in [9.17, 15) is 14.4 Å². The van der Waals surface area contributed by atoms with Crippen molar-refractivity contribution in [2.45, 2.75) is 44.6 Å². The van der Waals surface area contributed by atoms with E-state index in [1.54, 1.807) is 6.07 Å². The van der Waals surface area contributed by atoms with E-state index in [4.69, 9.17) is 4.74 Å². The molecule has 0 radical (unpaired) electrons. The van der Waals surface area contributed by atoms with E-state index in [-0.39, 0.29) is 24.3 Å². The van der Waals surface area contributed by atoms with Gasteiger partial charge in [0, 0.05) is 12.1 Å². The average Bonchev–Trinajstić information content (AvgIpc) is 3.16. The van der Waals surface area contributed by atoms with Gasteiger partial charge >= 0.3 is 6.03 Å². The summed E-state index contributed by atoms with van der Waals surface area (Å²) in [4.78, 5) is 38.7. The second kappa shape index (κ2) is 6.30. The van der Waals surface area contributed by atoms with Crippen LogP contribution < -0.4 is 15.4 Å². The third-order valence-electron chi connectivity index (χ3n) is 5.78. The molecule has 2 atom stereocenters. The summed E-state index contributed by atoms with van der Waals surface area (Å²) >= 11 is 0. The van der Waals surface area contributed by atoms with Crippen molar-refractivity contribution in [3.05, 3.63) is 23.8 Å². The molecule has 7 heteroatoms. The van der Waals surface area contributed by atoms with Crippen LogP contribution in [0.3, 0.4) is 0 Å². The van der Waals surface area contributed by atoms with E-state index in [1.807, 2.05) is 19.1 Å². The normalized spacial score (nSPS) is 27.3. The molecule has 7 nitrogen and oxygen atoms in total. The number of rotatable bonds is 3. The molecule has 1 saturated heterocycles. The predicted molar refractivity (Wildman–Crippen MR) is 94.9 cm³/mol. The molecule has 3 aliphatic rings. The van der Waals surface area contributed by atoms with E-state index in [1.165, 1.54) is 0 Å². The summed E-state index contributed by atoms with van der Waals surface area (Å²) in [6.07, 6.45) is 4.33. The van der Waals surface area contributed by atoms with Gasteiger partial charge in [-0.05, 0) is 42.5 Å². The van der Waals surface area contributed by atoms with Crippen molar-refractivity contribution < 1.29 is 19.1 Å². The first kappa shape index (κ1) is 16.9. The van der Waals surface area contributed by atoms with Crippen LogP contribution in [0.1, 0.15) is 38.2 Å². The number of hydrogen-bond acceptors (Lipinski definition) is 4. The van der Waals surface area contributed by atoms with Crippen LogP contribution in [0, 0.1) is 5.92 Å². The number of ether oxygens (including phenoxy) is 1. The predicted octanol–water partition coefficient (Wildman–Crippen LogP) is 2.06. The molecule has 1 saturated carbocycles. The minimum absolute atomic E-state index is 0.0810. The van der Waals surface area contributed by atoms with Crippen LogP contribution in [0.2, 0.25) is 0 Å². The van der Waals surface area contributed by atoms with Gasteiger partial charge in [-0.25, -0.2) is 4.79 Å². The number of carbonyl (C=O) groups is 3. The fourth-order valence-electron chi connectivity index (χ4n) is 4.25. The molecule has 0 unspecified atom stereocenters. The molecular formula is C19H23N3O4. The first-order valence-electron chi connectivity index (χ1n) is 9.19. The number of fused-ring (bicyclic) bond motifs is 1. The zero-order valence-corrected chi connectivity index (χ0v) is 14.8. The largest absolute Gasteiger partial charge is 0.493 e. The molecule has 1 spiro atoms. The number of benzene rings is 1. The summed E-state index contributed by atoms with van der Waals surface area (Å²) < 4.78 is 5.45. The van der Waals surface area contributed by atoms with Gasteiger partial charge in [0.15, 0.2) is 0 Å². The lowest BCUT2D eigenvalue weighted by molar-refractivity contribution is -0.136. The van der Waals surface area contributed by atoms with Crippen molar-refractivity contribution in [2.75, 3.05) is 18.5 Å². The van der Waals surface area contributed by atoms with Crippen molar-refractivity contribution in [3.63, 3.8) is 0 Å². The lowest BCUT2D eigenvalue weighted by Gasteiger charge is -2.36. The summed E-state index contributed by atoms with van der Waals surface area (Å²) in [6, 6.07) is 4.99. The van der Waals surface area contributed by atoms with Gasteiger partial charge in [0.25, 0.3) is 5.91 Å². The van der Waals surface area contributed by atoms with Crippen LogP contribution in [0.15, 0.2) is 18.2 Å². The summed E-state index contributed by atoms with van der Waals surface area (Å²) in [7, 11) is 0. The zero-order chi connectivity index (χ0) is 18.3. The van der Waals surface area contributed by atoms with Crippen molar-refractivity contribution in [3.8, 4) is 5.75 Å². The average molecular weight is 357 g/mol. The highest BCUT2D eigenvalue weighted by atomic mass is 16.5. The second-order valence-electron chi connectivity index (χ2n) is 7.41. The first-order valence-corrected chi connectivity index (χ1v) is 9.19. The number of imide groups is 1. The first-order chi connectivity index (χ1) is 12.5. The Morgan fingerprint density at radius 3 is 3.04 bits per heavy atom. The molecule has 2 N–H and O–H groups in total. The molecular weight excluding hydrogens is 334 g/mol. The molecule has 138 valence electrons. The highest BCUT2D eigenvalue weighted by molar-refractivity contribution is 6.10. The molecule has 1 aromatic carbocycles. The lowest BCUT2D eigenvalue weighted by atomic mass is 9.73. The van der Waals surface area contributed by atoms with Gasteiger partial charge in [-0.2, -0.15) is 0 Å². The van der Waals surface area contributed by atoms with Crippen molar-refractivity contribution in [2.24, 2.45) is 5.92 Å². The fraction of sp³-hybridized carbons (Fsp3) is 0.526. The van der Waals surface area contributed by atoms with Crippen LogP contribution in [0.25, 0.3) is 0 Å². The molecule has 0 bridgehead atoms. The summed E-state index contributed by atoms with van der Waals surface area (Å²) in [5, 5.41) is 5.64. The number of amides is 4. The maximum absolute atomic E-state index is 12.9. The summed E-state index contributed by atoms with van der Waals surface area (Å²) in [6.45, 7) is 2.37. The molecule has 4 amide bonds. The van der Waals surface area contributed by atoms with Crippen molar-refractivity contribution in [1.82, 2.24) is 10.2 Å². The SMILES string of the molecule is C[C@@H]1CCCC[C@]12NC(=O)N(CC(=O)Nc1ccc3c(c1)CCO3)C2=O. The Hall–Kier alpha value is -2.57. The maximum Gasteiger partial charge on any atom is 0.325 e. The number of nitrogens with zero attached hydrogens (tertiary/aromatic N) is 1. The van der Waals surface area contributed by atoms with Crippen LogP contribution >= 0.6 is 0 Å². The van der Waals surface area contributed by atoms with Gasteiger partial charge in [0.2, 0.25) is 5.91 Å². The lowest BCUT2D eigenvalue weighted by Crippen LogP contribution is -2.54. The quantitative estimate of drug-likeness (QED) is 0.811. The van der Waals surface area contributed by atoms with Crippen LogP contribution in [-0.2, 0) is 16.0 Å². The summed E-state index contributed by atoms with van der Waals surface area (Å²) in [5.74, 6) is 0.267. The summed E-state index contributed by atoms with van der Waals surface area (Å²) in [5.41, 5.74) is 0.861. The van der Waals surface area contributed by atoms with Crippen LogP contribution in [-0.4, -0.2) is 41.4 Å². The Balaban J connectivity index is 1.44. The third-order valence-corrected chi connectivity index (χ3v) is 5.78. The monoisotopic (exact) mass is 357 g/mol. The minimum atomic E-state index is -0.833. The van der Waals surface area contributed by atoms with Crippen LogP contribution in [0.5, 0.6) is 5.75 Å². The van der Waals surface area contributed by atoms with Gasteiger partial charge in [-0.15, -0.1) is 0 Å². The number of hydrogen-bond donors (Lipinski definition) is 2. The van der Waals surface area contributed by atoms with Gasteiger partial charge in [-0.3, -0.25) is 14.5 Å². The zero-order valence-electron chi connectivity index (χ0n) is 14.8. The van der Waals surface area contributed by atoms with E-state index in [0.29, 0.717) is 18.7 Å². The minimum Gasteiger partial charge on any atom is -0.493 e. The Bertz CT molecular complexity index is 778. The van der Waals surface area contributed by atoms with Crippen LogP contribution in [0.4, 0.5) is 10.5 Å². The van der Waals surface area contributed by atoms with E-state index in [0.717, 1.165) is 41.9 Å². The van der Waals surface area contributed by atoms with Gasteiger partial charge in [0.1, 0.15) is 17.8 Å². The number of anilines is 1. The van der Waals surface area contributed by atoms with E-state index in [2.05, 4.69) is 10.6 Å². The highest BCUT2D eigenvalue weighted by Crippen LogP contribution is 2.38. The molecule has 4 rings (SSSR count). The number of carbonyl (C=O) groups excluding carboxylic acids is 3. The second-order valence-corrected chi connectivity index (χ2v) is 7.41. The molecule has 1 aliphatic carbocycles. The number of urea groups is 1. The van der Waals surface area contributed by atoms with Crippen molar-refractivity contribution in [1.29, 1.82) is 0 Å². The Morgan fingerprint density at radius 2 is 2.23 bits per heavy atom. The number of nitrogens with one attached hydrogen (secondary N) is 2. The molecule has 2 heterocycles. The Labute approximate surface area is 152 Å².